The van der Waals surface area contributed by atoms with E-state index in [0.29, 0.717) is 34.2 Å². The quantitative estimate of drug-likeness (QED) is 0.285. The number of likely N-dealkylation sites (tertiary alicyclic amines) is 1. The van der Waals surface area contributed by atoms with Gasteiger partial charge in [0.05, 0.1) is 5.69 Å². The first-order valence-electron chi connectivity index (χ1n) is 14.6. The molecule has 2 aliphatic heterocycles. The second kappa shape index (κ2) is 11.3. The van der Waals surface area contributed by atoms with E-state index in [0.717, 1.165) is 67.2 Å². The van der Waals surface area contributed by atoms with Gasteiger partial charge in [-0.05, 0) is 81.4 Å². The third-order valence-electron chi connectivity index (χ3n) is 8.81. The zero-order chi connectivity index (χ0) is 29.5. The molecule has 2 aliphatic rings. The number of nitrogens with zero attached hydrogens (tertiary/aromatic N) is 5. The molecule has 2 saturated heterocycles. The van der Waals surface area contributed by atoms with Gasteiger partial charge in [-0.3, -0.25) is 9.36 Å². The number of para-hydroxylation sites is 1. The highest BCUT2D eigenvalue weighted by molar-refractivity contribution is 5.93. The van der Waals surface area contributed by atoms with Gasteiger partial charge in [0, 0.05) is 41.7 Å². The fraction of sp³-hybridized carbons (Fsp3) is 0.364. The van der Waals surface area contributed by atoms with Crippen LogP contribution in [0.3, 0.4) is 0 Å². The van der Waals surface area contributed by atoms with E-state index in [4.69, 9.17) is 9.97 Å². The molecular formula is C33H35F2N5O2. The molecule has 0 unspecified atom stereocenters. The molecule has 218 valence electrons. The standard InChI is InChI=1S/C33H35F2N5O2/c1-20-11-15-38(16-12-20)24-13-17-39(18-14-24)33-36-30(26-19-23(22(3)41)8-7-21(26)2)25-9-10-29(42)40(32(25)37-33)31-27(34)5-4-6-28(31)35/h4-10,19-20,24,41H,3,11-18H2,1-2H3. The van der Waals surface area contributed by atoms with Crippen LogP contribution < -0.4 is 10.5 Å². The molecular weight excluding hydrogens is 536 g/mol. The monoisotopic (exact) mass is 571 g/mol. The predicted molar refractivity (Wildman–Crippen MR) is 162 cm³/mol. The van der Waals surface area contributed by atoms with Gasteiger partial charge in [0.25, 0.3) is 5.56 Å². The molecule has 0 atom stereocenters. The summed E-state index contributed by atoms with van der Waals surface area (Å²) in [6, 6.07) is 12.3. The van der Waals surface area contributed by atoms with Crippen molar-refractivity contribution in [2.75, 3.05) is 31.1 Å². The van der Waals surface area contributed by atoms with Gasteiger partial charge in [0.2, 0.25) is 5.95 Å². The molecule has 2 aromatic carbocycles. The Bertz CT molecular complexity index is 1700. The van der Waals surface area contributed by atoms with E-state index in [-0.39, 0.29) is 11.4 Å². The van der Waals surface area contributed by atoms with E-state index in [9.17, 15) is 9.90 Å². The number of rotatable bonds is 5. The van der Waals surface area contributed by atoms with Crippen LogP contribution in [0, 0.1) is 24.5 Å². The summed E-state index contributed by atoms with van der Waals surface area (Å²) in [7, 11) is 0. The molecule has 2 aromatic heterocycles. The van der Waals surface area contributed by atoms with Crippen LogP contribution in [-0.4, -0.2) is 56.8 Å². The van der Waals surface area contributed by atoms with E-state index in [2.05, 4.69) is 23.3 Å². The number of hydrogen-bond donors (Lipinski definition) is 1. The zero-order valence-corrected chi connectivity index (χ0v) is 24.0. The lowest BCUT2D eigenvalue weighted by Gasteiger charge is -2.41. The van der Waals surface area contributed by atoms with Crippen LogP contribution in [0.1, 0.15) is 43.7 Å². The third kappa shape index (κ3) is 5.17. The summed E-state index contributed by atoms with van der Waals surface area (Å²) in [5.41, 5.74) is 1.64. The van der Waals surface area contributed by atoms with E-state index in [1.54, 1.807) is 18.2 Å². The van der Waals surface area contributed by atoms with Gasteiger partial charge < -0.3 is 14.9 Å². The molecule has 0 bridgehead atoms. The zero-order valence-electron chi connectivity index (χ0n) is 24.0. The van der Waals surface area contributed by atoms with Crippen molar-refractivity contribution in [1.29, 1.82) is 0 Å². The number of fused-ring (bicyclic) bond motifs is 1. The van der Waals surface area contributed by atoms with Gasteiger partial charge >= 0.3 is 0 Å². The largest absolute Gasteiger partial charge is 0.508 e. The van der Waals surface area contributed by atoms with Crippen LogP contribution in [0.4, 0.5) is 14.7 Å². The Labute approximate surface area is 243 Å². The third-order valence-corrected chi connectivity index (χ3v) is 8.81. The second-order valence-corrected chi connectivity index (χ2v) is 11.6. The molecule has 2 fully saturated rings. The number of anilines is 1. The van der Waals surface area contributed by atoms with Crippen molar-refractivity contribution in [2.45, 2.75) is 45.6 Å². The maximum absolute atomic E-state index is 15.1. The summed E-state index contributed by atoms with van der Waals surface area (Å²) in [6.07, 6.45) is 4.35. The summed E-state index contributed by atoms with van der Waals surface area (Å²) < 4.78 is 31.2. The maximum atomic E-state index is 15.1. The van der Waals surface area contributed by atoms with Crippen LogP contribution in [-0.2, 0) is 0 Å². The second-order valence-electron chi connectivity index (χ2n) is 11.6. The molecule has 0 spiro atoms. The Hall–Kier alpha value is -4.11. The van der Waals surface area contributed by atoms with Crippen molar-refractivity contribution in [3.63, 3.8) is 0 Å². The van der Waals surface area contributed by atoms with Gasteiger partial charge in [0.1, 0.15) is 23.1 Å². The van der Waals surface area contributed by atoms with Crippen LogP contribution in [0.25, 0.3) is 33.7 Å². The normalized spacial score (nSPS) is 17.2. The van der Waals surface area contributed by atoms with Crippen molar-refractivity contribution in [3.05, 3.63) is 88.2 Å². The summed E-state index contributed by atoms with van der Waals surface area (Å²) >= 11 is 0. The average molecular weight is 572 g/mol. The summed E-state index contributed by atoms with van der Waals surface area (Å²) in [5, 5.41) is 10.6. The number of aromatic nitrogens is 3. The van der Waals surface area contributed by atoms with E-state index in [1.165, 1.54) is 25.0 Å². The van der Waals surface area contributed by atoms with E-state index < -0.39 is 22.9 Å². The van der Waals surface area contributed by atoms with Crippen LogP contribution in [0.2, 0.25) is 0 Å². The molecule has 42 heavy (non-hydrogen) atoms. The fourth-order valence-electron chi connectivity index (χ4n) is 6.25. The number of aliphatic hydroxyl groups is 1. The number of benzene rings is 2. The smallest absolute Gasteiger partial charge is 0.256 e. The van der Waals surface area contributed by atoms with Gasteiger partial charge in [-0.2, -0.15) is 4.98 Å². The highest BCUT2D eigenvalue weighted by Gasteiger charge is 2.29. The summed E-state index contributed by atoms with van der Waals surface area (Å²) in [4.78, 5) is 27.7. The first-order chi connectivity index (χ1) is 20.2. The molecule has 6 rings (SSSR count). The maximum Gasteiger partial charge on any atom is 0.256 e. The lowest BCUT2D eigenvalue weighted by Crippen LogP contribution is -2.48. The molecule has 0 radical (unpaired) electrons. The summed E-state index contributed by atoms with van der Waals surface area (Å²) in [5.74, 6) is -0.649. The van der Waals surface area contributed by atoms with Crippen molar-refractivity contribution in [2.24, 2.45) is 5.92 Å². The molecule has 1 N–H and O–H groups in total. The highest BCUT2D eigenvalue weighted by Crippen LogP contribution is 2.34. The first kappa shape index (κ1) is 28.0. The minimum atomic E-state index is -0.863. The molecule has 4 heterocycles. The molecule has 9 heteroatoms. The van der Waals surface area contributed by atoms with E-state index in [1.807, 2.05) is 13.0 Å². The Morgan fingerprint density at radius 2 is 1.64 bits per heavy atom. The van der Waals surface area contributed by atoms with Crippen LogP contribution >= 0.6 is 0 Å². The van der Waals surface area contributed by atoms with E-state index >= 15 is 8.78 Å². The molecule has 0 amide bonds. The lowest BCUT2D eigenvalue weighted by molar-refractivity contribution is 0.120. The summed E-state index contributed by atoms with van der Waals surface area (Å²) in [6.45, 7) is 11.6. The first-order valence-corrected chi connectivity index (χ1v) is 14.6. The number of aliphatic hydroxyl groups excluding tert-OH is 1. The van der Waals surface area contributed by atoms with Crippen molar-refractivity contribution >= 4 is 22.7 Å². The van der Waals surface area contributed by atoms with Crippen LogP contribution in [0.15, 0.2) is 59.9 Å². The number of aryl methyl sites for hydroxylation is 1. The van der Waals surface area contributed by atoms with Gasteiger partial charge in [-0.1, -0.05) is 31.7 Å². The Kier molecular flexibility index (Phi) is 7.53. The SMILES string of the molecule is C=C(O)c1ccc(C)c(-c2nc(N3CCC(N4CCC(C)CC4)CC3)nc3c2ccc(=O)n3-c2c(F)cccc2F)c1. The number of halogens is 2. The van der Waals surface area contributed by atoms with Gasteiger partial charge in [-0.15, -0.1) is 0 Å². The fourth-order valence-corrected chi connectivity index (χ4v) is 6.25. The lowest BCUT2D eigenvalue weighted by atomic mass is 9.95. The number of pyridine rings is 1. The minimum absolute atomic E-state index is 0.0886. The van der Waals surface area contributed by atoms with Crippen molar-refractivity contribution in [3.8, 4) is 16.9 Å². The molecule has 0 saturated carbocycles. The predicted octanol–water partition coefficient (Wildman–Crippen LogP) is 6.26. The Balaban J connectivity index is 1.50. The molecule has 0 aliphatic carbocycles. The van der Waals surface area contributed by atoms with Crippen molar-refractivity contribution in [1.82, 2.24) is 19.4 Å². The molecule has 7 nitrogen and oxygen atoms in total. The number of piperidine rings is 2. The number of hydrogen-bond acceptors (Lipinski definition) is 6. The molecule has 4 aromatic rings. The average Bonchev–Trinajstić information content (AvgIpc) is 2.98. The topological polar surface area (TPSA) is 74.5 Å². The highest BCUT2D eigenvalue weighted by atomic mass is 19.1. The van der Waals surface area contributed by atoms with Gasteiger partial charge in [-0.25, -0.2) is 13.8 Å². The van der Waals surface area contributed by atoms with Crippen molar-refractivity contribution < 1.29 is 13.9 Å². The minimum Gasteiger partial charge on any atom is -0.508 e. The van der Waals surface area contributed by atoms with Gasteiger partial charge in [0.15, 0.2) is 5.65 Å². The Morgan fingerprint density at radius 1 is 0.952 bits per heavy atom. The Morgan fingerprint density at radius 3 is 2.31 bits per heavy atom. The van der Waals surface area contributed by atoms with Crippen LogP contribution in [0.5, 0.6) is 0 Å².